The minimum atomic E-state index is 0.168. The monoisotopic (exact) mass is 342 g/mol. The first-order valence-electron chi connectivity index (χ1n) is 9.75. The van der Waals surface area contributed by atoms with Crippen LogP contribution in [-0.2, 0) is 0 Å². The van der Waals surface area contributed by atoms with Crippen LogP contribution in [0.5, 0.6) is 0 Å². The van der Waals surface area contributed by atoms with Gasteiger partial charge in [0.25, 0.3) is 0 Å². The molecule has 0 unspecified atom stereocenters. The van der Waals surface area contributed by atoms with E-state index in [1.165, 1.54) is 30.4 Å². The fourth-order valence-corrected chi connectivity index (χ4v) is 6.83. The van der Waals surface area contributed by atoms with Crippen LogP contribution in [0.4, 0.5) is 0 Å². The lowest BCUT2D eigenvalue weighted by atomic mass is 9.47. The molecule has 0 aromatic carbocycles. The Bertz CT molecular complexity index is 705. The number of nitrogens with zero attached hydrogens (tertiary/aromatic N) is 2. The lowest BCUT2D eigenvalue weighted by Gasteiger charge is -2.58. The molecular weight excluding hydrogens is 312 g/mol. The van der Waals surface area contributed by atoms with Gasteiger partial charge in [-0.3, -0.25) is 0 Å². The van der Waals surface area contributed by atoms with E-state index in [0.29, 0.717) is 5.92 Å². The lowest BCUT2D eigenvalue weighted by molar-refractivity contribution is -0.0241. The van der Waals surface area contributed by atoms with Crippen LogP contribution in [0.1, 0.15) is 65.7 Å². The fraction of sp³-hybridized carbons (Fsp3) is 0.714. The van der Waals surface area contributed by atoms with Gasteiger partial charge in [0.05, 0.1) is 11.4 Å². The van der Waals surface area contributed by atoms with Crippen LogP contribution in [0, 0.1) is 28.6 Å². The van der Waals surface area contributed by atoms with Gasteiger partial charge in [0.1, 0.15) is 0 Å². The molecule has 0 amide bonds. The van der Waals surface area contributed by atoms with E-state index in [1.807, 2.05) is 6.92 Å². The summed E-state index contributed by atoms with van der Waals surface area (Å²) in [5.74, 6) is 2.14. The van der Waals surface area contributed by atoms with Crippen molar-refractivity contribution in [3.05, 3.63) is 23.3 Å². The van der Waals surface area contributed by atoms with Crippen molar-refractivity contribution in [2.24, 2.45) is 38.9 Å². The highest BCUT2D eigenvalue weighted by molar-refractivity contribution is 5.99. The maximum atomic E-state index is 9.28. The number of fused-ring (bicyclic) bond motifs is 5. The summed E-state index contributed by atoms with van der Waals surface area (Å²) in [6.45, 7) is 6.79. The van der Waals surface area contributed by atoms with E-state index in [2.05, 4.69) is 36.3 Å². The van der Waals surface area contributed by atoms with Crippen LogP contribution >= 0.6 is 0 Å². The molecule has 0 spiro atoms. The fourth-order valence-electron chi connectivity index (χ4n) is 6.83. The van der Waals surface area contributed by atoms with E-state index in [0.717, 1.165) is 48.9 Å². The summed E-state index contributed by atoms with van der Waals surface area (Å²) >= 11 is 0. The van der Waals surface area contributed by atoms with Crippen molar-refractivity contribution < 1.29 is 10.4 Å². The number of allylic oxidation sites excluding steroid dienone is 4. The molecule has 0 aromatic rings. The summed E-state index contributed by atoms with van der Waals surface area (Å²) in [6, 6.07) is 0. The van der Waals surface area contributed by atoms with Crippen molar-refractivity contribution in [1.82, 2.24) is 0 Å². The smallest absolute Gasteiger partial charge is 0.0799 e. The third-order valence-corrected chi connectivity index (χ3v) is 8.23. The van der Waals surface area contributed by atoms with Gasteiger partial charge in [0, 0.05) is 0 Å². The number of hydrogen-bond donors (Lipinski definition) is 2. The maximum absolute atomic E-state index is 9.28. The summed E-state index contributed by atoms with van der Waals surface area (Å²) in [5.41, 5.74) is 4.88. The Hall–Kier alpha value is -1.58. The van der Waals surface area contributed by atoms with Gasteiger partial charge >= 0.3 is 0 Å². The van der Waals surface area contributed by atoms with Crippen LogP contribution < -0.4 is 0 Å². The second-order valence-electron chi connectivity index (χ2n) is 9.09. The van der Waals surface area contributed by atoms with Gasteiger partial charge < -0.3 is 10.4 Å². The molecule has 5 atom stereocenters. The van der Waals surface area contributed by atoms with E-state index < -0.39 is 0 Å². The standard InChI is InChI=1S/C21H30N2O2/c1-13(22-24)17-6-7-18-16-5-4-14-12-15(23-25)8-10-20(14,2)19(16)9-11-21(17,18)3/h6,12,16,18-19,24-25H,4-5,7-11H2,1-3H3/t16-,18-,19-,20-,21+/m0/s1. The van der Waals surface area contributed by atoms with E-state index in [-0.39, 0.29) is 10.8 Å². The molecule has 2 fully saturated rings. The normalized spacial score (nSPS) is 45.3. The van der Waals surface area contributed by atoms with Crippen LogP contribution in [0.2, 0.25) is 0 Å². The van der Waals surface area contributed by atoms with Gasteiger partial charge in [0.2, 0.25) is 0 Å². The largest absolute Gasteiger partial charge is 0.411 e. The van der Waals surface area contributed by atoms with Gasteiger partial charge in [0.15, 0.2) is 0 Å². The minimum absolute atomic E-state index is 0.168. The molecule has 2 saturated carbocycles. The van der Waals surface area contributed by atoms with E-state index >= 15 is 0 Å². The Morgan fingerprint density at radius 3 is 2.60 bits per heavy atom. The Morgan fingerprint density at radius 1 is 1.08 bits per heavy atom. The molecule has 0 heterocycles. The van der Waals surface area contributed by atoms with Gasteiger partial charge in [-0.2, -0.15) is 0 Å². The Kier molecular flexibility index (Phi) is 3.86. The van der Waals surface area contributed by atoms with E-state index in [1.54, 1.807) is 0 Å². The Labute approximate surface area is 150 Å². The molecule has 0 bridgehead atoms. The second kappa shape index (κ2) is 5.72. The van der Waals surface area contributed by atoms with Crippen LogP contribution in [0.3, 0.4) is 0 Å². The second-order valence-corrected chi connectivity index (χ2v) is 9.09. The molecule has 0 aromatic heterocycles. The number of oxime groups is 2. The van der Waals surface area contributed by atoms with Crippen LogP contribution in [0.25, 0.3) is 0 Å². The molecule has 25 heavy (non-hydrogen) atoms. The quantitative estimate of drug-likeness (QED) is 0.392. The molecule has 4 heteroatoms. The average Bonchev–Trinajstić information content (AvgIpc) is 2.97. The Balaban J connectivity index is 1.66. The van der Waals surface area contributed by atoms with E-state index in [9.17, 15) is 5.21 Å². The lowest BCUT2D eigenvalue weighted by Crippen LogP contribution is -2.50. The van der Waals surface area contributed by atoms with Crippen LogP contribution in [-0.4, -0.2) is 21.8 Å². The minimum Gasteiger partial charge on any atom is -0.411 e. The summed E-state index contributed by atoms with van der Waals surface area (Å²) in [7, 11) is 0. The van der Waals surface area contributed by atoms with Crippen molar-refractivity contribution in [2.45, 2.75) is 65.7 Å². The SMILES string of the molecule is CC(=NO)C1=CC[C@H]2[C@@H]3CCC4=CC(=NO)CC[C@]4(C)[C@H]3CC[C@]12C. The first-order chi connectivity index (χ1) is 11.9. The predicted molar refractivity (Wildman–Crippen MR) is 99.3 cm³/mol. The highest BCUT2D eigenvalue weighted by Gasteiger charge is 2.57. The van der Waals surface area contributed by atoms with E-state index in [4.69, 9.17) is 5.21 Å². The van der Waals surface area contributed by atoms with Gasteiger partial charge in [-0.1, -0.05) is 35.8 Å². The van der Waals surface area contributed by atoms with Gasteiger partial charge in [-0.05, 0) is 92.1 Å². The van der Waals surface area contributed by atoms with Crippen molar-refractivity contribution >= 4 is 11.4 Å². The third kappa shape index (κ3) is 2.25. The first-order valence-corrected chi connectivity index (χ1v) is 9.75. The predicted octanol–water partition coefficient (Wildman–Crippen LogP) is 5.17. The van der Waals surface area contributed by atoms with Gasteiger partial charge in [-0.15, -0.1) is 0 Å². The molecule has 4 rings (SSSR count). The summed E-state index contributed by atoms with van der Waals surface area (Å²) in [4.78, 5) is 0. The zero-order valence-electron chi connectivity index (χ0n) is 15.6. The Morgan fingerprint density at radius 2 is 1.88 bits per heavy atom. The summed E-state index contributed by atoms with van der Waals surface area (Å²) < 4.78 is 0. The molecule has 136 valence electrons. The molecule has 4 nitrogen and oxygen atoms in total. The molecule has 4 aliphatic carbocycles. The number of rotatable bonds is 1. The van der Waals surface area contributed by atoms with Crippen molar-refractivity contribution in [1.29, 1.82) is 0 Å². The molecular formula is C21H30N2O2. The molecule has 0 saturated heterocycles. The molecule has 2 N–H and O–H groups in total. The molecule has 4 aliphatic rings. The maximum Gasteiger partial charge on any atom is 0.0799 e. The number of hydrogen-bond acceptors (Lipinski definition) is 4. The first kappa shape index (κ1) is 16.9. The zero-order valence-corrected chi connectivity index (χ0v) is 15.6. The average molecular weight is 342 g/mol. The van der Waals surface area contributed by atoms with Crippen LogP contribution in [0.15, 0.2) is 33.6 Å². The third-order valence-electron chi connectivity index (χ3n) is 8.23. The van der Waals surface area contributed by atoms with Crippen molar-refractivity contribution in [3.8, 4) is 0 Å². The topological polar surface area (TPSA) is 65.2 Å². The highest BCUT2D eigenvalue weighted by atomic mass is 16.4. The van der Waals surface area contributed by atoms with Crippen molar-refractivity contribution in [2.75, 3.05) is 0 Å². The van der Waals surface area contributed by atoms with Gasteiger partial charge in [-0.25, -0.2) is 0 Å². The summed E-state index contributed by atoms with van der Waals surface area (Å²) in [5, 5.41) is 25.4. The van der Waals surface area contributed by atoms with Crippen molar-refractivity contribution in [3.63, 3.8) is 0 Å². The summed E-state index contributed by atoms with van der Waals surface area (Å²) in [6.07, 6.45) is 12.4. The highest BCUT2D eigenvalue weighted by Crippen LogP contribution is 2.65. The zero-order chi connectivity index (χ0) is 17.8. The molecule has 0 radical (unpaired) electrons. The molecule has 0 aliphatic heterocycles.